The monoisotopic (exact) mass is 395 g/mol. The third-order valence-corrected chi connectivity index (χ3v) is 6.38. The van der Waals surface area contributed by atoms with E-state index in [2.05, 4.69) is 10.3 Å². The van der Waals surface area contributed by atoms with Gasteiger partial charge < -0.3 is 14.8 Å². The molecule has 1 fully saturated rings. The number of hydrogen-bond donors (Lipinski definition) is 1. The van der Waals surface area contributed by atoms with E-state index in [1.807, 2.05) is 23.6 Å². The number of aromatic nitrogens is 1. The van der Waals surface area contributed by atoms with Crippen molar-refractivity contribution in [2.75, 3.05) is 24.9 Å². The number of nitrogens with one attached hydrogen (secondary N) is 1. The molecule has 138 valence electrons. The average molecular weight is 395 g/mol. The lowest BCUT2D eigenvalue weighted by molar-refractivity contribution is -0.119. The molecule has 1 unspecified atom stereocenters. The fourth-order valence-electron chi connectivity index (χ4n) is 3.11. The molecule has 2 aromatic rings. The Labute approximate surface area is 154 Å². The number of fused-ring (bicyclic) bond motifs is 1. The van der Waals surface area contributed by atoms with E-state index in [0.717, 1.165) is 11.8 Å². The lowest BCUT2D eigenvalue weighted by atomic mass is 10.1. The molecular formula is C16H17N3O5S2. The molecule has 10 heteroatoms. The molecule has 3 heterocycles. The van der Waals surface area contributed by atoms with E-state index in [-0.39, 0.29) is 12.7 Å². The van der Waals surface area contributed by atoms with Gasteiger partial charge in [-0.25, -0.2) is 13.4 Å². The van der Waals surface area contributed by atoms with Gasteiger partial charge in [0.1, 0.15) is 6.04 Å². The van der Waals surface area contributed by atoms with Crippen LogP contribution in [0.2, 0.25) is 0 Å². The van der Waals surface area contributed by atoms with E-state index in [1.54, 1.807) is 0 Å². The number of carbonyl (C=O) groups excluding carboxylic acids is 1. The summed E-state index contributed by atoms with van der Waals surface area (Å²) in [5.41, 5.74) is 1.56. The second-order valence-corrected chi connectivity index (χ2v) is 8.92. The Balaban J connectivity index is 1.49. The normalized spacial score (nSPS) is 19.7. The van der Waals surface area contributed by atoms with E-state index in [1.165, 1.54) is 15.6 Å². The van der Waals surface area contributed by atoms with Gasteiger partial charge in [0.15, 0.2) is 16.6 Å². The van der Waals surface area contributed by atoms with Crippen LogP contribution in [0, 0.1) is 0 Å². The van der Waals surface area contributed by atoms with Crippen molar-refractivity contribution in [2.45, 2.75) is 18.9 Å². The van der Waals surface area contributed by atoms with E-state index >= 15 is 0 Å². The second-order valence-electron chi connectivity index (χ2n) is 6.13. The van der Waals surface area contributed by atoms with E-state index in [4.69, 9.17) is 9.47 Å². The van der Waals surface area contributed by atoms with Gasteiger partial charge in [-0.2, -0.15) is 4.31 Å². The summed E-state index contributed by atoms with van der Waals surface area (Å²) in [6, 6.07) is 4.85. The van der Waals surface area contributed by atoms with Crippen molar-refractivity contribution in [3.05, 3.63) is 23.6 Å². The summed E-state index contributed by atoms with van der Waals surface area (Å²) in [5.74, 6) is 1.01. The molecule has 1 N–H and O–H groups in total. The highest BCUT2D eigenvalue weighted by Crippen LogP contribution is 2.36. The molecule has 1 amide bonds. The summed E-state index contributed by atoms with van der Waals surface area (Å²) >= 11 is 1.29. The number of anilines is 1. The SMILES string of the molecule is CS(=O)(=O)N1CCCC1C(=O)Nc1nc(-c2ccc3c(c2)OCO3)cs1. The van der Waals surface area contributed by atoms with Crippen molar-refractivity contribution < 1.29 is 22.7 Å². The van der Waals surface area contributed by atoms with Crippen LogP contribution >= 0.6 is 11.3 Å². The zero-order chi connectivity index (χ0) is 18.3. The quantitative estimate of drug-likeness (QED) is 0.849. The summed E-state index contributed by atoms with van der Waals surface area (Å²) in [7, 11) is -3.40. The van der Waals surface area contributed by atoms with Crippen LogP contribution in [0.5, 0.6) is 11.5 Å². The highest BCUT2D eigenvalue weighted by atomic mass is 32.2. The van der Waals surface area contributed by atoms with Crippen LogP contribution in [0.3, 0.4) is 0 Å². The Morgan fingerprint density at radius 2 is 2.15 bits per heavy atom. The zero-order valence-corrected chi connectivity index (χ0v) is 15.6. The predicted octanol–water partition coefficient (Wildman–Crippen LogP) is 1.90. The van der Waals surface area contributed by atoms with Gasteiger partial charge in [0.25, 0.3) is 0 Å². The molecule has 0 spiro atoms. The molecule has 4 rings (SSSR count). The standard InChI is InChI=1S/C16H17N3O5S2/c1-26(21,22)19-6-2-3-12(19)15(20)18-16-17-11(8-25-16)10-4-5-13-14(7-10)24-9-23-13/h4-5,7-8,12H,2-3,6,9H2,1H3,(H,17,18,20). The van der Waals surface area contributed by atoms with Crippen LogP contribution in [0.25, 0.3) is 11.3 Å². The number of benzene rings is 1. The minimum atomic E-state index is -3.40. The first-order valence-electron chi connectivity index (χ1n) is 8.05. The Bertz CT molecular complexity index is 957. The van der Waals surface area contributed by atoms with Crippen LogP contribution < -0.4 is 14.8 Å². The smallest absolute Gasteiger partial charge is 0.244 e. The van der Waals surface area contributed by atoms with Crippen LogP contribution in [-0.2, 0) is 14.8 Å². The molecule has 1 aromatic heterocycles. The van der Waals surface area contributed by atoms with Gasteiger partial charge in [0.2, 0.25) is 22.7 Å². The lowest BCUT2D eigenvalue weighted by Gasteiger charge is -2.20. The summed E-state index contributed by atoms with van der Waals surface area (Å²) in [6.45, 7) is 0.576. The number of ether oxygens (including phenoxy) is 2. The number of amides is 1. The fourth-order valence-corrected chi connectivity index (χ4v) is 4.95. The van der Waals surface area contributed by atoms with Gasteiger partial charge in [-0.3, -0.25) is 4.79 Å². The summed E-state index contributed by atoms with van der Waals surface area (Å²) < 4.78 is 35.5. The fraction of sp³-hybridized carbons (Fsp3) is 0.375. The first-order chi connectivity index (χ1) is 12.4. The Kier molecular flexibility index (Phi) is 4.33. The van der Waals surface area contributed by atoms with Crippen molar-refractivity contribution in [3.63, 3.8) is 0 Å². The number of sulfonamides is 1. The molecule has 1 aromatic carbocycles. The first kappa shape index (κ1) is 17.3. The van der Waals surface area contributed by atoms with Crippen molar-refractivity contribution in [2.24, 2.45) is 0 Å². The average Bonchev–Trinajstić information content (AvgIpc) is 3.33. The molecular weight excluding hydrogens is 378 g/mol. The minimum Gasteiger partial charge on any atom is -0.454 e. The number of thiazole rings is 1. The van der Waals surface area contributed by atoms with Gasteiger partial charge >= 0.3 is 0 Å². The number of hydrogen-bond acceptors (Lipinski definition) is 7. The maximum atomic E-state index is 12.5. The Morgan fingerprint density at radius 3 is 2.96 bits per heavy atom. The van der Waals surface area contributed by atoms with Crippen LogP contribution in [-0.4, -0.2) is 49.2 Å². The second kappa shape index (κ2) is 6.53. The maximum absolute atomic E-state index is 12.5. The Morgan fingerprint density at radius 1 is 1.35 bits per heavy atom. The first-order valence-corrected chi connectivity index (χ1v) is 10.8. The van der Waals surface area contributed by atoms with Gasteiger partial charge in [-0.05, 0) is 31.0 Å². The molecule has 2 aliphatic rings. The molecule has 0 radical (unpaired) electrons. The minimum absolute atomic E-state index is 0.204. The molecule has 26 heavy (non-hydrogen) atoms. The number of carbonyl (C=O) groups is 1. The van der Waals surface area contributed by atoms with Gasteiger partial charge in [0, 0.05) is 17.5 Å². The Hall–Kier alpha value is -2.17. The number of rotatable bonds is 4. The molecule has 0 bridgehead atoms. The highest BCUT2D eigenvalue weighted by molar-refractivity contribution is 7.88. The van der Waals surface area contributed by atoms with E-state index in [9.17, 15) is 13.2 Å². The number of nitrogens with zero attached hydrogens (tertiary/aromatic N) is 2. The third-order valence-electron chi connectivity index (χ3n) is 4.33. The van der Waals surface area contributed by atoms with Crippen molar-refractivity contribution in [1.29, 1.82) is 0 Å². The zero-order valence-electron chi connectivity index (χ0n) is 14.0. The van der Waals surface area contributed by atoms with E-state index < -0.39 is 16.1 Å². The van der Waals surface area contributed by atoms with Gasteiger partial charge in [-0.15, -0.1) is 11.3 Å². The lowest BCUT2D eigenvalue weighted by Crippen LogP contribution is -2.42. The summed E-state index contributed by atoms with van der Waals surface area (Å²) in [5, 5.41) is 5.00. The van der Waals surface area contributed by atoms with Gasteiger partial charge in [-0.1, -0.05) is 0 Å². The van der Waals surface area contributed by atoms with Crippen LogP contribution in [0.15, 0.2) is 23.6 Å². The molecule has 1 saturated heterocycles. The maximum Gasteiger partial charge on any atom is 0.244 e. The molecule has 1 atom stereocenters. The molecule has 0 saturated carbocycles. The van der Waals surface area contributed by atoms with E-state index in [0.29, 0.717) is 41.7 Å². The van der Waals surface area contributed by atoms with Crippen LogP contribution in [0.4, 0.5) is 5.13 Å². The molecule has 0 aliphatic carbocycles. The summed E-state index contributed by atoms with van der Waals surface area (Å²) in [6.07, 6.45) is 2.31. The highest BCUT2D eigenvalue weighted by Gasteiger charge is 2.36. The van der Waals surface area contributed by atoms with Crippen molar-refractivity contribution >= 4 is 32.4 Å². The summed E-state index contributed by atoms with van der Waals surface area (Å²) in [4.78, 5) is 16.9. The van der Waals surface area contributed by atoms with Gasteiger partial charge in [0.05, 0.1) is 11.9 Å². The van der Waals surface area contributed by atoms with Crippen molar-refractivity contribution in [3.8, 4) is 22.8 Å². The molecule has 2 aliphatic heterocycles. The van der Waals surface area contributed by atoms with Crippen molar-refractivity contribution in [1.82, 2.24) is 9.29 Å². The topological polar surface area (TPSA) is 97.8 Å². The van der Waals surface area contributed by atoms with Crippen LogP contribution in [0.1, 0.15) is 12.8 Å². The predicted molar refractivity (Wildman–Crippen MR) is 96.9 cm³/mol. The third kappa shape index (κ3) is 3.27. The molecule has 8 nitrogen and oxygen atoms in total. The largest absolute Gasteiger partial charge is 0.454 e.